The van der Waals surface area contributed by atoms with Gasteiger partial charge in [0.2, 0.25) is 0 Å². The second kappa shape index (κ2) is 10.4. The number of rotatable bonds is 8. The number of carbonyl (C=O) groups is 3. The Hall–Kier alpha value is -3.42. The number of nitrogens with one attached hydrogen (secondary N) is 2. The zero-order valence-corrected chi connectivity index (χ0v) is 17.3. The SMILES string of the molecule is COc1ccccc1NC(=O)[C@H](C)OC(=O)[C@@H](NC(=O)c1ccc(F)cc1)C(C)C. The Balaban J connectivity index is 2.02. The van der Waals surface area contributed by atoms with Gasteiger partial charge in [-0.1, -0.05) is 26.0 Å². The Bertz CT molecular complexity index is 899. The number of ether oxygens (including phenoxy) is 2. The molecule has 160 valence electrons. The first-order chi connectivity index (χ1) is 14.2. The molecule has 0 aromatic heterocycles. The van der Waals surface area contributed by atoms with E-state index in [-0.39, 0.29) is 11.5 Å². The number of halogens is 1. The molecule has 30 heavy (non-hydrogen) atoms. The van der Waals surface area contributed by atoms with Crippen molar-refractivity contribution in [1.29, 1.82) is 0 Å². The summed E-state index contributed by atoms with van der Waals surface area (Å²) >= 11 is 0. The Labute approximate surface area is 174 Å². The van der Waals surface area contributed by atoms with Crippen LogP contribution < -0.4 is 15.4 Å². The zero-order valence-electron chi connectivity index (χ0n) is 17.3. The number of hydrogen-bond donors (Lipinski definition) is 2. The maximum absolute atomic E-state index is 13.0. The fraction of sp³-hybridized carbons (Fsp3) is 0.318. The van der Waals surface area contributed by atoms with Crippen LogP contribution in [0.5, 0.6) is 5.75 Å². The molecule has 0 aliphatic rings. The molecule has 0 spiro atoms. The second-order valence-electron chi connectivity index (χ2n) is 6.97. The summed E-state index contributed by atoms with van der Waals surface area (Å²) in [6.45, 7) is 4.90. The molecule has 2 amide bonds. The van der Waals surface area contributed by atoms with Crippen LogP contribution in [-0.4, -0.2) is 37.0 Å². The molecule has 0 saturated heterocycles. The lowest BCUT2D eigenvalue weighted by atomic mass is 10.0. The van der Waals surface area contributed by atoms with Gasteiger partial charge in [0.05, 0.1) is 12.8 Å². The van der Waals surface area contributed by atoms with Crippen LogP contribution in [0.15, 0.2) is 48.5 Å². The molecule has 0 bridgehead atoms. The first kappa shape index (κ1) is 22.9. The summed E-state index contributed by atoms with van der Waals surface area (Å²) in [4.78, 5) is 37.4. The van der Waals surface area contributed by atoms with Gasteiger partial charge in [-0.05, 0) is 49.2 Å². The summed E-state index contributed by atoms with van der Waals surface area (Å²) < 4.78 is 23.5. The van der Waals surface area contributed by atoms with Gasteiger partial charge in [0, 0.05) is 5.56 Å². The minimum Gasteiger partial charge on any atom is -0.495 e. The van der Waals surface area contributed by atoms with Crippen LogP contribution in [0.3, 0.4) is 0 Å². The summed E-state index contributed by atoms with van der Waals surface area (Å²) in [5, 5.41) is 5.22. The number of anilines is 1. The van der Waals surface area contributed by atoms with Crippen molar-refractivity contribution in [3.8, 4) is 5.75 Å². The van der Waals surface area contributed by atoms with Crippen molar-refractivity contribution in [3.05, 3.63) is 59.9 Å². The molecule has 0 aliphatic carbocycles. The lowest BCUT2D eigenvalue weighted by molar-refractivity contribution is -0.156. The van der Waals surface area contributed by atoms with Gasteiger partial charge in [0.1, 0.15) is 17.6 Å². The molecule has 7 nitrogen and oxygen atoms in total. The topological polar surface area (TPSA) is 93.7 Å². The fourth-order valence-electron chi connectivity index (χ4n) is 2.61. The minimum absolute atomic E-state index is 0.205. The Morgan fingerprint density at radius 2 is 1.60 bits per heavy atom. The largest absolute Gasteiger partial charge is 0.495 e. The zero-order chi connectivity index (χ0) is 22.3. The van der Waals surface area contributed by atoms with Crippen molar-refractivity contribution >= 4 is 23.5 Å². The smallest absolute Gasteiger partial charge is 0.329 e. The standard InChI is InChI=1S/C22H25FN2O5/c1-13(2)19(25-21(27)15-9-11-16(23)12-10-15)22(28)30-14(3)20(26)24-17-7-5-6-8-18(17)29-4/h5-14,19H,1-4H3,(H,24,26)(H,25,27)/t14-,19-/m0/s1. The fourth-order valence-corrected chi connectivity index (χ4v) is 2.61. The number of esters is 1. The van der Waals surface area contributed by atoms with Gasteiger partial charge in [-0.25, -0.2) is 9.18 Å². The third-order valence-electron chi connectivity index (χ3n) is 4.34. The molecule has 2 aromatic carbocycles. The molecule has 0 aliphatic heterocycles. The van der Waals surface area contributed by atoms with E-state index < -0.39 is 35.7 Å². The second-order valence-corrected chi connectivity index (χ2v) is 6.97. The van der Waals surface area contributed by atoms with Crippen LogP contribution in [0.2, 0.25) is 0 Å². The third-order valence-corrected chi connectivity index (χ3v) is 4.34. The molecule has 0 saturated carbocycles. The number of para-hydroxylation sites is 2. The summed E-state index contributed by atoms with van der Waals surface area (Å²) in [5.41, 5.74) is 0.648. The maximum Gasteiger partial charge on any atom is 0.329 e. The van der Waals surface area contributed by atoms with E-state index in [1.54, 1.807) is 38.1 Å². The van der Waals surface area contributed by atoms with Gasteiger partial charge in [-0.2, -0.15) is 0 Å². The van der Waals surface area contributed by atoms with Crippen LogP contribution in [-0.2, 0) is 14.3 Å². The normalized spacial score (nSPS) is 12.6. The predicted molar refractivity (Wildman–Crippen MR) is 110 cm³/mol. The van der Waals surface area contributed by atoms with Crippen molar-refractivity contribution in [2.75, 3.05) is 12.4 Å². The van der Waals surface area contributed by atoms with Gasteiger partial charge in [0.25, 0.3) is 11.8 Å². The van der Waals surface area contributed by atoms with E-state index in [9.17, 15) is 18.8 Å². The molecular weight excluding hydrogens is 391 g/mol. The highest BCUT2D eigenvalue weighted by Gasteiger charge is 2.29. The lowest BCUT2D eigenvalue weighted by Gasteiger charge is -2.23. The van der Waals surface area contributed by atoms with Crippen molar-refractivity contribution in [3.63, 3.8) is 0 Å². The van der Waals surface area contributed by atoms with E-state index in [0.717, 1.165) is 12.1 Å². The highest BCUT2D eigenvalue weighted by atomic mass is 19.1. The van der Waals surface area contributed by atoms with Crippen molar-refractivity contribution < 1.29 is 28.2 Å². The molecule has 2 atom stereocenters. The van der Waals surface area contributed by atoms with Gasteiger partial charge in [-0.3, -0.25) is 9.59 Å². The van der Waals surface area contributed by atoms with E-state index in [2.05, 4.69) is 10.6 Å². The number of methoxy groups -OCH3 is 1. The van der Waals surface area contributed by atoms with E-state index >= 15 is 0 Å². The van der Waals surface area contributed by atoms with Crippen molar-refractivity contribution in [2.24, 2.45) is 5.92 Å². The minimum atomic E-state index is -1.11. The van der Waals surface area contributed by atoms with E-state index in [4.69, 9.17) is 9.47 Å². The molecule has 2 N–H and O–H groups in total. The quantitative estimate of drug-likeness (QED) is 0.645. The van der Waals surface area contributed by atoms with Crippen LogP contribution in [0.1, 0.15) is 31.1 Å². The van der Waals surface area contributed by atoms with Gasteiger partial charge < -0.3 is 20.1 Å². The Morgan fingerprint density at radius 1 is 0.967 bits per heavy atom. The predicted octanol–water partition coefficient (Wildman–Crippen LogP) is 3.16. The van der Waals surface area contributed by atoms with Crippen LogP contribution >= 0.6 is 0 Å². The van der Waals surface area contributed by atoms with Gasteiger partial charge in [-0.15, -0.1) is 0 Å². The van der Waals surface area contributed by atoms with E-state index in [1.807, 2.05) is 0 Å². The van der Waals surface area contributed by atoms with E-state index in [0.29, 0.717) is 11.4 Å². The first-order valence-corrected chi connectivity index (χ1v) is 9.43. The molecular formula is C22H25FN2O5. The molecule has 2 aromatic rings. The van der Waals surface area contributed by atoms with Crippen LogP contribution in [0.4, 0.5) is 10.1 Å². The summed E-state index contributed by atoms with van der Waals surface area (Å²) in [6, 6.07) is 10.8. The van der Waals surface area contributed by atoms with E-state index in [1.165, 1.54) is 26.2 Å². The molecule has 0 fully saturated rings. The molecule has 0 unspecified atom stereocenters. The van der Waals surface area contributed by atoms with Crippen molar-refractivity contribution in [1.82, 2.24) is 5.32 Å². The molecule has 8 heteroatoms. The van der Waals surface area contributed by atoms with Gasteiger partial charge in [0.15, 0.2) is 6.10 Å². The van der Waals surface area contributed by atoms with Gasteiger partial charge >= 0.3 is 5.97 Å². The lowest BCUT2D eigenvalue weighted by Crippen LogP contribution is -2.47. The highest BCUT2D eigenvalue weighted by Crippen LogP contribution is 2.23. The van der Waals surface area contributed by atoms with Crippen molar-refractivity contribution in [2.45, 2.75) is 32.9 Å². The molecule has 2 rings (SSSR count). The number of carbonyl (C=O) groups excluding carboxylic acids is 3. The molecule has 0 heterocycles. The monoisotopic (exact) mass is 416 g/mol. The average Bonchev–Trinajstić information content (AvgIpc) is 2.72. The molecule has 0 radical (unpaired) electrons. The van der Waals surface area contributed by atoms with Crippen LogP contribution in [0.25, 0.3) is 0 Å². The third kappa shape index (κ3) is 6.04. The summed E-state index contributed by atoms with van der Waals surface area (Å²) in [5.74, 6) is -2.14. The average molecular weight is 416 g/mol. The first-order valence-electron chi connectivity index (χ1n) is 9.43. The summed E-state index contributed by atoms with van der Waals surface area (Å²) in [7, 11) is 1.48. The number of amides is 2. The number of benzene rings is 2. The van der Waals surface area contributed by atoms with Crippen LogP contribution in [0, 0.1) is 11.7 Å². The number of hydrogen-bond acceptors (Lipinski definition) is 5. The highest BCUT2D eigenvalue weighted by molar-refractivity contribution is 5.98. The Kier molecular flexibility index (Phi) is 7.91. The Morgan fingerprint density at radius 3 is 2.20 bits per heavy atom. The maximum atomic E-state index is 13.0. The summed E-state index contributed by atoms with van der Waals surface area (Å²) in [6.07, 6.45) is -1.11.